The number of hydrogen-bond acceptors (Lipinski definition) is 4. The number of nitrogens with zero attached hydrogens (tertiary/aromatic N) is 2. The van der Waals surface area contributed by atoms with Gasteiger partial charge in [0.1, 0.15) is 0 Å². The fourth-order valence-electron chi connectivity index (χ4n) is 3.01. The summed E-state index contributed by atoms with van der Waals surface area (Å²) in [6.07, 6.45) is 3.44. The van der Waals surface area contributed by atoms with Crippen LogP contribution in [0.15, 0.2) is 0 Å². The molecule has 6 heteroatoms. The van der Waals surface area contributed by atoms with Crippen molar-refractivity contribution in [3.63, 3.8) is 0 Å². The second-order valence-electron chi connectivity index (χ2n) is 7.39. The van der Waals surface area contributed by atoms with Gasteiger partial charge >= 0.3 is 7.12 Å². The Morgan fingerprint density at radius 1 is 1.14 bits per heavy atom. The van der Waals surface area contributed by atoms with Crippen molar-refractivity contribution in [2.24, 2.45) is 0 Å². The molecule has 1 aromatic heterocycles. The molecule has 0 atom stereocenters. The van der Waals surface area contributed by atoms with Gasteiger partial charge in [-0.2, -0.15) is 5.10 Å². The average Bonchev–Trinajstić information content (AvgIpc) is 3.13. The monoisotopic (exact) mass is 290 g/mol. The van der Waals surface area contributed by atoms with E-state index in [-0.39, 0.29) is 18.3 Å². The fourth-order valence-corrected chi connectivity index (χ4v) is 3.01. The molecular formula is C15H23BN2O3. The highest BCUT2D eigenvalue weighted by Crippen LogP contribution is 2.43. The molecule has 1 aliphatic carbocycles. The summed E-state index contributed by atoms with van der Waals surface area (Å²) in [4.78, 5) is 0. The molecule has 21 heavy (non-hydrogen) atoms. The summed E-state index contributed by atoms with van der Waals surface area (Å²) >= 11 is 0. The van der Waals surface area contributed by atoms with E-state index < -0.39 is 0 Å². The first-order valence-corrected chi connectivity index (χ1v) is 7.98. The molecule has 0 radical (unpaired) electrons. The SMILES string of the molecule is CC1(C)OB(c2c(C3CC3)nn3c2OCCC3)OC1(C)C. The lowest BCUT2D eigenvalue weighted by atomic mass is 9.77. The minimum absolute atomic E-state index is 0.331. The number of rotatable bonds is 2. The minimum Gasteiger partial charge on any atom is -0.478 e. The Morgan fingerprint density at radius 2 is 1.81 bits per heavy atom. The normalized spacial score (nSPS) is 26.6. The Balaban J connectivity index is 1.76. The molecule has 0 unspecified atom stereocenters. The average molecular weight is 290 g/mol. The van der Waals surface area contributed by atoms with Gasteiger partial charge in [0.15, 0.2) is 0 Å². The molecule has 0 aromatic carbocycles. The fraction of sp³-hybridized carbons (Fsp3) is 0.800. The van der Waals surface area contributed by atoms with Gasteiger partial charge in [0, 0.05) is 18.9 Å². The summed E-state index contributed by atoms with van der Waals surface area (Å²) in [5, 5.41) is 4.78. The Bertz CT molecular complexity index is 562. The maximum absolute atomic E-state index is 6.24. The van der Waals surface area contributed by atoms with Crippen molar-refractivity contribution in [3.05, 3.63) is 5.69 Å². The molecule has 1 saturated carbocycles. The first kappa shape index (κ1) is 13.6. The summed E-state index contributed by atoms with van der Waals surface area (Å²) in [7, 11) is -0.368. The van der Waals surface area contributed by atoms with Crippen LogP contribution in [-0.2, 0) is 15.9 Å². The van der Waals surface area contributed by atoms with E-state index in [2.05, 4.69) is 27.7 Å². The second-order valence-corrected chi connectivity index (χ2v) is 7.39. The van der Waals surface area contributed by atoms with Gasteiger partial charge in [-0.15, -0.1) is 0 Å². The molecular weight excluding hydrogens is 267 g/mol. The van der Waals surface area contributed by atoms with Crippen LogP contribution >= 0.6 is 0 Å². The summed E-state index contributed by atoms with van der Waals surface area (Å²) < 4.78 is 20.4. The van der Waals surface area contributed by atoms with Gasteiger partial charge < -0.3 is 14.0 Å². The molecule has 1 saturated heterocycles. The van der Waals surface area contributed by atoms with Gasteiger partial charge in [0.05, 0.1) is 29.0 Å². The molecule has 0 N–H and O–H groups in total. The van der Waals surface area contributed by atoms with Crippen LogP contribution in [0.25, 0.3) is 0 Å². The largest absolute Gasteiger partial charge is 0.502 e. The number of hydrogen-bond donors (Lipinski definition) is 0. The predicted molar refractivity (Wildman–Crippen MR) is 80.0 cm³/mol. The molecule has 0 spiro atoms. The predicted octanol–water partition coefficient (Wildman–Crippen LogP) is 1.84. The molecule has 114 valence electrons. The summed E-state index contributed by atoms with van der Waals surface area (Å²) in [5.41, 5.74) is 1.51. The van der Waals surface area contributed by atoms with Crippen molar-refractivity contribution in [2.45, 2.75) is 70.6 Å². The first-order chi connectivity index (χ1) is 9.89. The Morgan fingerprint density at radius 3 is 2.43 bits per heavy atom. The van der Waals surface area contributed by atoms with Gasteiger partial charge in [0.2, 0.25) is 5.88 Å². The summed E-state index contributed by atoms with van der Waals surface area (Å²) in [6.45, 7) is 10.0. The van der Waals surface area contributed by atoms with Crippen LogP contribution in [0.4, 0.5) is 0 Å². The lowest BCUT2D eigenvalue weighted by Crippen LogP contribution is -2.41. The van der Waals surface area contributed by atoms with Crippen molar-refractivity contribution in [1.29, 1.82) is 0 Å². The van der Waals surface area contributed by atoms with Crippen LogP contribution in [0.1, 0.15) is 58.6 Å². The van der Waals surface area contributed by atoms with E-state index in [4.69, 9.17) is 19.1 Å². The van der Waals surface area contributed by atoms with Gasteiger partial charge in [-0.3, -0.25) is 0 Å². The molecule has 3 aliphatic rings. The third-order valence-corrected chi connectivity index (χ3v) is 5.18. The number of ether oxygens (including phenoxy) is 1. The van der Waals surface area contributed by atoms with Crippen molar-refractivity contribution in [1.82, 2.24) is 9.78 Å². The zero-order valence-corrected chi connectivity index (χ0v) is 13.3. The van der Waals surface area contributed by atoms with Gasteiger partial charge in [0.25, 0.3) is 0 Å². The van der Waals surface area contributed by atoms with Crippen LogP contribution in [0.2, 0.25) is 0 Å². The highest BCUT2D eigenvalue weighted by molar-refractivity contribution is 6.63. The third-order valence-electron chi connectivity index (χ3n) is 5.18. The molecule has 1 aromatic rings. The van der Waals surface area contributed by atoms with E-state index in [0.717, 1.165) is 36.6 Å². The maximum Gasteiger partial charge on any atom is 0.502 e. The molecule has 4 rings (SSSR count). The molecule has 2 fully saturated rings. The van der Waals surface area contributed by atoms with E-state index in [0.29, 0.717) is 5.92 Å². The van der Waals surface area contributed by atoms with Crippen LogP contribution < -0.4 is 10.2 Å². The van der Waals surface area contributed by atoms with Crippen molar-refractivity contribution in [3.8, 4) is 5.88 Å². The smallest absolute Gasteiger partial charge is 0.478 e. The topological polar surface area (TPSA) is 45.5 Å². The molecule has 5 nitrogen and oxygen atoms in total. The lowest BCUT2D eigenvalue weighted by Gasteiger charge is -2.32. The molecule has 2 aliphatic heterocycles. The van der Waals surface area contributed by atoms with Crippen LogP contribution in [0.3, 0.4) is 0 Å². The number of fused-ring (bicyclic) bond motifs is 1. The summed E-state index contributed by atoms with van der Waals surface area (Å²) in [6, 6.07) is 0. The van der Waals surface area contributed by atoms with Gasteiger partial charge in [-0.05, 0) is 40.5 Å². The van der Waals surface area contributed by atoms with Crippen LogP contribution in [0, 0.1) is 0 Å². The van der Waals surface area contributed by atoms with E-state index in [1.54, 1.807) is 0 Å². The Kier molecular flexibility index (Phi) is 2.77. The lowest BCUT2D eigenvalue weighted by molar-refractivity contribution is 0.00578. The highest BCUT2D eigenvalue weighted by Gasteiger charge is 2.55. The van der Waals surface area contributed by atoms with Crippen molar-refractivity contribution in [2.75, 3.05) is 6.61 Å². The van der Waals surface area contributed by atoms with Gasteiger partial charge in [-0.1, -0.05) is 0 Å². The zero-order chi connectivity index (χ0) is 14.8. The van der Waals surface area contributed by atoms with Crippen LogP contribution in [0.5, 0.6) is 5.88 Å². The third kappa shape index (κ3) is 2.03. The quantitative estimate of drug-likeness (QED) is 0.780. The number of aromatic nitrogens is 2. The standard InChI is InChI=1S/C15H23BN2O3/c1-14(2)15(3,4)21-16(20-14)11-12(10-6-7-10)17-18-8-5-9-19-13(11)18/h10H,5-9H2,1-4H3. The second kappa shape index (κ2) is 4.26. The summed E-state index contributed by atoms with van der Waals surface area (Å²) in [5.74, 6) is 1.42. The van der Waals surface area contributed by atoms with Gasteiger partial charge in [-0.25, -0.2) is 4.68 Å². The maximum atomic E-state index is 6.24. The van der Waals surface area contributed by atoms with E-state index in [9.17, 15) is 0 Å². The first-order valence-electron chi connectivity index (χ1n) is 7.98. The zero-order valence-electron chi connectivity index (χ0n) is 13.3. The Labute approximate surface area is 126 Å². The van der Waals surface area contributed by atoms with E-state index in [1.165, 1.54) is 12.8 Å². The van der Waals surface area contributed by atoms with E-state index >= 15 is 0 Å². The van der Waals surface area contributed by atoms with Crippen LogP contribution in [-0.4, -0.2) is 34.7 Å². The molecule has 0 amide bonds. The van der Waals surface area contributed by atoms with Crippen molar-refractivity contribution < 1.29 is 14.0 Å². The Hall–Kier alpha value is -1.01. The van der Waals surface area contributed by atoms with Crippen molar-refractivity contribution >= 4 is 12.6 Å². The molecule has 3 heterocycles. The molecule has 0 bridgehead atoms. The highest BCUT2D eigenvalue weighted by atomic mass is 16.7. The van der Waals surface area contributed by atoms with E-state index in [1.807, 2.05) is 4.68 Å². The number of aryl methyl sites for hydroxylation is 1. The minimum atomic E-state index is -0.368.